The van der Waals surface area contributed by atoms with Gasteiger partial charge in [-0.25, -0.2) is 8.42 Å². The fourth-order valence-corrected chi connectivity index (χ4v) is 5.56. The molecule has 0 aromatic heterocycles. The van der Waals surface area contributed by atoms with Crippen LogP contribution in [0.25, 0.3) is 0 Å². The highest BCUT2D eigenvalue weighted by Gasteiger charge is 2.51. The van der Waals surface area contributed by atoms with Gasteiger partial charge in [0.1, 0.15) is 11.3 Å². The molecule has 9 heteroatoms. The summed E-state index contributed by atoms with van der Waals surface area (Å²) in [5.41, 5.74) is -0.823. The van der Waals surface area contributed by atoms with Gasteiger partial charge in [-0.2, -0.15) is 4.31 Å². The lowest BCUT2D eigenvalue weighted by molar-refractivity contribution is -0.133. The molecule has 2 amide bonds. The van der Waals surface area contributed by atoms with E-state index in [0.717, 1.165) is 42.8 Å². The van der Waals surface area contributed by atoms with Crippen LogP contribution in [0.1, 0.15) is 52.4 Å². The van der Waals surface area contributed by atoms with Crippen molar-refractivity contribution in [2.24, 2.45) is 0 Å². The van der Waals surface area contributed by atoms with Crippen LogP contribution < -0.4 is 15.0 Å². The quantitative estimate of drug-likeness (QED) is 0.670. The molecule has 1 aliphatic carbocycles. The number of carbonyl (C=O) groups excluding carboxylic acids is 2. The van der Waals surface area contributed by atoms with Crippen LogP contribution in [0.15, 0.2) is 24.3 Å². The van der Waals surface area contributed by atoms with Crippen LogP contribution >= 0.6 is 0 Å². The van der Waals surface area contributed by atoms with Gasteiger partial charge in [-0.1, -0.05) is 25.7 Å². The van der Waals surface area contributed by atoms with Crippen molar-refractivity contribution in [1.82, 2.24) is 9.62 Å². The fourth-order valence-electron chi connectivity index (χ4n) is 4.44. The minimum atomic E-state index is -3.63. The summed E-state index contributed by atoms with van der Waals surface area (Å²) in [6.45, 7) is 2.82. The number of anilines is 1. The van der Waals surface area contributed by atoms with Gasteiger partial charge in [0.25, 0.3) is 0 Å². The van der Waals surface area contributed by atoms with Crippen molar-refractivity contribution in [3.05, 3.63) is 24.3 Å². The maximum absolute atomic E-state index is 13.6. The molecular formula is C22H33N3O5S. The highest BCUT2D eigenvalue weighted by Crippen LogP contribution is 2.32. The Balaban J connectivity index is 1.96. The number of hydrogen-bond donors (Lipinski definition) is 1. The summed E-state index contributed by atoms with van der Waals surface area (Å²) >= 11 is 0. The number of ether oxygens (including phenoxy) is 1. The first-order chi connectivity index (χ1) is 14.7. The number of sulfonamides is 1. The van der Waals surface area contributed by atoms with Crippen molar-refractivity contribution in [3.63, 3.8) is 0 Å². The van der Waals surface area contributed by atoms with Crippen LogP contribution in [0.2, 0.25) is 0 Å². The molecule has 2 aliphatic rings. The van der Waals surface area contributed by atoms with Crippen molar-refractivity contribution in [3.8, 4) is 5.75 Å². The van der Waals surface area contributed by atoms with Gasteiger partial charge in [-0.3, -0.25) is 14.5 Å². The van der Waals surface area contributed by atoms with Gasteiger partial charge in [-0.05, 0) is 51.0 Å². The topological polar surface area (TPSA) is 96.0 Å². The largest absolute Gasteiger partial charge is 0.497 e. The van der Waals surface area contributed by atoms with Crippen molar-refractivity contribution in [1.29, 1.82) is 0 Å². The SMILES string of the molecule is CCS(=O)(=O)N1CC(=O)N(c2ccc(OC)cc2)C(C)(C(=O)NC2CCCCCC2)C1. The normalized spacial score (nSPS) is 24.0. The molecule has 1 aromatic carbocycles. The van der Waals surface area contributed by atoms with E-state index in [4.69, 9.17) is 4.74 Å². The van der Waals surface area contributed by atoms with Gasteiger partial charge in [0.15, 0.2) is 0 Å². The molecule has 0 spiro atoms. The first-order valence-electron chi connectivity index (χ1n) is 11.0. The second-order valence-electron chi connectivity index (χ2n) is 8.53. The molecule has 2 fully saturated rings. The zero-order chi connectivity index (χ0) is 22.6. The number of rotatable bonds is 6. The van der Waals surface area contributed by atoms with Gasteiger partial charge in [-0.15, -0.1) is 0 Å². The van der Waals surface area contributed by atoms with Gasteiger partial charge in [0.2, 0.25) is 21.8 Å². The third-order valence-electron chi connectivity index (χ3n) is 6.31. The van der Waals surface area contributed by atoms with Crippen LogP contribution in [0.5, 0.6) is 5.75 Å². The van der Waals surface area contributed by atoms with E-state index in [0.29, 0.717) is 11.4 Å². The average Bonchev–Trinajstić information content (AvgIpc) is 3.02. The molecule has 0 radical (unpaired) electrons. The zero-order valence-corrected chi connectivity index (χ0v) is 19.4. The third-order valence-corrected chi connectivity index (χ3v) is 8.08. The van der Waals surface area contributed by atoms with Crippen molar-refractivity contribution < 1.29 is 22.7 Å². The highest BCUT2D eigenvalue weighted by atomic mass is 32.2. The smallest absolute Gasteiger partial charge is 0.247 e. The molecule has 1 atom stereocenters. The maximum atomic E-state index is 13.6. The first kappa shape index (κ1) is 23.5. The summed E-state index contributed by atoms with van der Waals surface area (Å²) in [7, 11) is -2.07. The van der Waals surface area contributed by atoms with E-state index in [2.05, 4.69) is 5.32 Å². The lowest BCUT2D eigenvalue weighted by Gasteiger charge is -2.47. The summed E-state index contributed by atoms with van der Waals surface area (Å²) in [6, 6.07) is 6.93. The molecule has 1 saturated carbocycles. The Labute approximate surface area is 185 Å². The molecule has 0 bridgehead atoms. The number of nitrogens with one attached hydrogen (secondary N) is 1. The molecule has 3 rings (SSSR count). The molecule has 1 N–H and O–H groups in total. The molecule has 172 valence electrons. The monoisotopic (exact) mass is 451 g/mol. The molecule has 1 heterocycles. The van der Waals surface area contributed by atoms with E-state index >= 15 is 0 Å². The van der Waals surface area contributed by atoms with Gasteiger partial charge >= 0.3 is 0 Å². The molecule has 1 aromatic rings. The number of piperazine rings is 1. The Kier molecular flexibility index (Phi) is 7.26. The number of amides is 2. The van der Waals surface area contributed by atoms with Crippen LogP contribution in [0.4, 0.5) is 5.69 Å². The third kappa shape index (κ3) is 5.03. The second kappa shape index (κ2) is 9.56. The Morgan fingerprint density at radius 2 is 1.77 bits per heavy atom. The second-order valence-corrected chi connectivity index (χ2v) is 10.8. The Morgan fingerprint density at radius 3 is 2.32 bits per heavy atom. The van der Waals surface area contributed by atoms with Gasteiger partial charge in [0.05, 0.1) is 19.4 Å². The van der Waals surface area contributed by atoms with E-state index in [-0.39, 0.29) is 30.8 Å². The summed E-state index contributed by atoms with van der Waals surface area (Å²) in [6.07, 6.45) is 6.22. The average molecular weight is 452 g/mol. The molecule has 1 aliphatic heterocycles. The van der Waals surface area contributed by atoms with Gasteiger partial charge in [0, 0.05) is 18.3 Å². The van der Waals surface area contributed by atoms with Crippen molar-refractivity contribution in [2.75, 3.05) is 30.9 Å². The predicted octanol–water partition coefficient (Wildman–Crippen LogP) is 2.29. The van der Waals surface area contributed by atoms with Crippen LogP contribution in [-0.4, -0.2) is 62.1 Å². The van der Waals surface area contributed by atoms with Crippen LogP contribution in [0.3, 0.4) is 0 Å². The lowest BCUT2D eigenvalue weighted by Crippen LogP contribution is -2.70. The Hall–Kier alpha value is -2.13. The summed E-state index contributed by atoms with van der Waals surface area (Å²) in [5, 5.41) is 3.12. The van der Waals surface area contributed by atoms with E-state index < -0.39 is 21.5 Å². The molecular weight excluding hydrogens is 418 g/mol. The van der Waals surface area contributed by atoms with E-state index in [1.807, 2.05) is 0 Å². The minimum Gasteiger partial charge on any atom is -0.497 e. The van der Waals surface area contributed by atoms with E-state index in [9.17, 15) is 18.0 Å². The maximum Gasteiger partial charge on any atom is 0.247 e. The first-order valence-corrected chi connectivity index (χ1v) is 12.6. The molecule has 31 heavy (non-hydrogen) atoms. The standard InChI is InChI=1S/C22H33N3O5S/c1-4-31(28,29)24-15-20(26)25(18-11-13-19(30-3)14-12-18)22(2,16-24)21(27)23-17-9-7-5-6-8-10-17/h11-14,17H,4-10,15-16H2,1-3H3,(H,23,27). The molecule has 8 nitrogen and oxygen atoms in total. The number of nitrogens with zero attached hydrogens (tertiary/aromatic N) is 2. The Bertz CT molecular complexity index is 894. The number of methoxy groups -OCH3 is 1. The number of benzene rings is 1. The van der Waals surface area contributed by atoms with Crippen LogP contribution in [0, 0.1) is 0 Å². The van der Waals surface area contributed by atoms with E-state index in [1.165, 1.54) is 4.90 Å². The predicted molar refractivity (Wildman–Crippen MR) is 120 cm³/mol. The zero-order valence-electron chi connectivity index (χ0n) is 18.6. The Morgan fingerprint density at radius 1 is 1.16 bits per heavy atom. The summed E-state index contributed by atoms with van der Waals surface area (Å²) in [4.78, 5) is 28.2. The fraction of sp³-hybridized carbons (Fsp3) is 0.636. The van der Waals surface area contributed by atoms with Crippen molar-refractivity contribution in [2.45, 2.75) is 64.0 Å². The number of carbonyl (C=O) groups is 2. The summed E-state index contributed by atoms with van der Waals surface area (Å²) < 4.78 is 31.5. The highest BCUT2D eigenvalue weighted by molar-refractivity contribution is 7.89. The van der Waals surface area contributed by atoms with Crippen molar-refractivity contribution >= 4 is 27.5 Å². The van der Waals surface area contributed by atoms with Gasteiger partial charge < -0.3 is 10.1 Å². The van der Waals surface area contributed by atoms with Crippen LogP contribution in [-0.2, 0) is 19.6 Å². The lowest BCUT2D eigenvalue weighted by atomic mass is 9.93. The minimum absolute atomic E-state index is 0.0396. The van der Waals surface area contributed by atoms with E-state index in [1.54, 1.807) is 45.2 Å². The summed E-state index contributed by atoms with van der Waals surface area (Å²) in [5.74, 6) is -0.233. The number of hydrogen-bond acceptors (Lipinski definition) is 5. The molecule has 1 saturated heterocycles. The molecule has 1 unspecified atom stereocenters.